The Balaban J connectivity index is 0.000000366. The minimum Gasteiger partial charge on any atom is -0.619 e. The minimum atomic E-state index is -0.934. The predicted molar refractivity (Wildman–Crippen MR) is 229 cm³/mol. The van der Waals surface area contributed by atoms with Crippen molar-refractivity contribution in [3.05, 3.63) is 181 Å². The molecule has 0 radical (unpaired) electrons. The van der Waals surface area contributed by atoms with E-state index in [1.165, 1.54) is 31.0 Å². The van der Waals surface area contributed by atoms with Gasteiger partial charge in [-0.3, -0.25) is 29.3 Å². The third-order valence-electron chi connectivity index (χ3n) is 6.89. The van der Waals surface area contributed by atoms with E-state index in [2.05, 4.69) is 24.9 Å². The van der Waals surface area contributed by atoms with Crippen LogP contribution in [0.25, 0.3) is 0 Å². The molecule has 0 aliphatic heterocycles. The third kappa shape index (κ3) is 20.8. The number of hydrogen-bond donors (Lipinski definition) is 3. The molecule has 0 fully saturated rings. The number of nitrogens with two attached hydrogens (primary N) is 2. The molecule has 0 bridgehead atoms. The summed E-state index contributed by atoms with van der Waals surface area (Å²) in [5.41, 5.74) is 17.6. The standard InChI is InChI=1S/2C7H5ClN2.C7H6ClNO.C7H8N2O2.C7H8N2O.C7H7NO2/c1-5-2-6(3-9)4-10-7(5)8;1-5-2-6(3-9)7(8)10-4-5;1-5-2-6(7(8)10)4-9-3-5;1-5-2-6(7(8)10)4-9(11)3-5;1-5-2-6(7(8)10)4-9-3-5;1-5-2-6(7(9)10)4-8-3-5/h2*2,4H,1H3;2-4H,1H3;2-4H,1H3,(H2,8,10);2-4H,1H3,(H2,8,10);2-4H,1H3,(H,9,10). The predicted octanol–water partition coefficient (Wildman–Crippen LogP) is 6.90. The van der Waals surface area contributed by atoms with Crippen LogP contribution in [0.5, 0.6) is 0 Å². The van der Waals surface area contributed by atoms with Crippen molar-refractivity contribution in [2.45, 2.75) is 41.5 Å². The second-order valence-corrected chi connectivity index (χ2v) is 13.5. The van der Waals surface area contributed by atoms with Crippen LogP contribution in [-0.4, -0.2) is 53.1 Å². The van der Waals surface area contributed by atoms with Crippen molar-refractivity contribution in [3.8, 4) is 12.1 Å². The molecule has 0 atom stereocenters. The molecule has 19 heteroatoms. The van der Waals surface area contributed by atoms with Gasteiger partial charge in [-0.05, 0) is 117 Å². The van der Waals surface area contributed by atoms with Crippen LogP contribution in [0, 0.1) is 69.4 Å². The van der Waals surface area contributed by atoms with Crippen LogP contribution in [0.2, 0.25) is 10.3 Å². The number of aromatic nitrogens is 6. The van der Waals surface area contributed by atoms with E-state index >= 15 is 0 Å². The van der Waals surface area contributed by atoms with Gasteiger partial charge in [-0.2, -0.15) is 15.3 Å². The number of carboxylic acids is 1. The van der Waals surface area contributed by atoms with Crippen molar-refractivity contribution in [1.29, 1.82) is 10.5 Å². The van der Waals surface area contributed by atoms with Gasteiger partial charge in [0.05, 0.1) is 27.8 Å². The van der Waals surface area contributed by atoms with Crippen molar-refractivity contribution in [2.75, 3.05) is 0 Å². The lowest BCUT2D eigenvalue weighted by molar-refractivity contribution is -0.605. The van der Waals surface area contributed by atoms with Crippen molar-refractivity contribution in [2.24, 2.45) is 11.5 Å². The summed E-state index contributed by atoms with van der Waals surface area (Å²) in [7, 11) is 0. The van der Waals surface area contributed by atoms with Gasteiger partial charge in [0, 0.05) is 55.1 Å². The lowest BCUT2D eigenvalue weighted by Crippen LogP contribution is -2.28. The van der Waals surface area contributed by atoms with Crippen LogP contribution in [0.3, 0.4) is 0 Å². The number of nitrogens with zero attached hydrogens (tertiary/aromatic N) is 8. The number of primary amides is 2. The second-order valence-electron chi connectivity index (χ2n) is 12.4. The number of pyridine rings is 6. The SMILES string of the molecule is Cc1cc(C#N)cnc1Cl.Cc1cc(C(N)=O)c[n+]([O-])c1.Cc1cnc(Cl)c(C#N)c1.Cc1cncc(C(=O)Cl)c1.Cc1cncc(C(=O)O)c1.Cc1cncc(C(N)=O)c1. The average molecular weight is 886 g/mol. The molecule has 61 heavy (non-hydrogen) atoms. The molecule has 0 aromatic carbocycles. The Morgan fingerprint density at radius 2 is 1.07 bits per heavy atom. The van der Waals surface area contributed by atoms with Gasteiger partial charge in [0.25, 0.3) is 11.1 Å². The first kappa shape index (κ1) is 51.6. The maximum absolute atomic E-state index is 10.7. The highest BCUT2D eigenvalue weighted by Gasteiger charge is 2.05. The molecule has 0 unspecified atom stereocenters. The summed E-state index contributed by atoms with van der Waals surface area (Å²) in [6, 6.07) is 13.9. The van der Waals surface area contributed by atoms with Gasteiger partial charge in [0.1, 0.15) is 28.0 Å². The number of carbonyl (C=O) groups is 4. The lowest BCUT2D eigenvalue weighted by atomic mass is 10.2. The molecule has 6 heterocycles. The van der Waals surface area contributed by atoms with Crippen molar-refractivity contribution < 1.29 is 29.0 Å². The Morgan fingerprint density at radius 3 is 1.44 bits per heavy atom. The molecule has 314 valence electrons. The van der Waals surface area contributed by atoms with E-state index in [1.807, 2.05) is 39.8 Å². The van der Waals surface area contributed by atoms with E-state index in [9.17, 15) is 24.4 Å². The molecular weight excluding hydrogens is 847 g/mol. The molecule has 6 aromatic heterocycles. The second kappa shape index (κ2) is 26.6. The zero-order chi connectivity index (χ0) is 46.2. The first-order chi connectivity index (χ1) is 28.7. The molecule has 0 saturated heterocycles. The Kier molecular flexibility index (Phi) is 22.5. The molecule has 16 nitrogen and oxygen atoms in total. The van der Waals surface area contributed by atoms with Gasteiger partial charge in [-0.25, -0.2) is 14.8 Å². The van der Waals surface area contributed by atoms with Crippen molar-refractivity contribution >= 4 is 57.8 Å². The molecule has 6 rings (SSSR count). The van der Waals surface area contributed by atoms with Crippen molar-refractivity contribution in [3.63, 3.8) is 0 Å². The van der Waals surface area contributed by atoms with E-state index in [4.69, 9.17) is 61.9 Å². The number of carboxylic acid groups (broad SMARTS) is 1. The van der Waals surface area contributed by atoms with E-state index in [0.29, 0.717) is 32.1 Å². The molecular formula is C42H39Cl3N10O6. The highest BCUT2D eigenvalue weighted by Crippen LogP contribution is 2.12. The number of hydrogen-bond acceptors (Lipinski definition) is 12. The van der Waals surface area contributed by atoms with Gasteiger partial charge in [0.15, 0.2) is 12.4 Å². The summed E-state index contributed by atoms with van der Waals surface area (Å²) in [5, 5.41) is 36.3. The normalized spacial score (nSPS) is 9.23. The highest BCUT2D eigenvalue weighted by molar-refractivity contribution is 6.67. The topological polar surface area (TPSA) is 280 Å². The fraction of sp³-hybridized carbons (Fsp3) is 0.143. The largest absolute Gasteiger partial charge is 0.619 e. The monoisotopic (exact) mass is 884 g/mol. The van der Waals surface area contributed by atoms with E-state index < -0.39 is 23.0 Å². The molecule has 0 spiro atoms. The summed E-state index contributed by atoms with van der Waals surface area (Å²) in [5.74, 6) is -1.95. The van der Waals surface area contributed by atoms with Gasteiger partial charge < -0.3 is 21.8 Å². The van der Waals surface area contributed by atoms with Gasteiger partial charge in [-0.1, -0.05) is 23.2 Å². The number of nitriles is 2. The fourth-order valence-corrected chi connectivity index (χ4v) is 4.46. The van der Waals surface area contributed by atoms with E-state index in [0.717, 1.165) is 39.6 Å². The van der Waals surface area contributed by atoms with Gasteiger partial charge in [0.2, 0.25) is 5.91 Å². The lowest BCUT2D eigenvalue weighted by Gasteiger charge is -1.98. The first-order valence-electron chi connectivity index (χ1n) is 17.2. The Bertz CT molecular complexity index is 2410. The average Bonchev–Trinajstić information content (AvgIpc) is 3.20. The van der Waals surface area contributed by atoms with Crippen LogP contribution in [0.15, 0.2) is 98.4 Å². The maximum Gasteiger partial charge on any atom is 0.337 e. The van der Waals surface area contributed by atoms with Crippen LogP contribution >= 0.6 is 34.8 Å². The number of carbonyl (C=O) groups excluding carboxylic acids is 3. The van der Waals surface area contributed by atoms with Crippen LogP contribution in [0.1, 0.15) is 85.9 Å². The Morgan fingerprint density at radius 1 is 0.607 bits per heavy atom. The van der Waals surface area contributed by atoms with Crippen molar-refractivity contribution in [1.82, 2.24) is 24.9 Å². The van der Waals surface area contributed by atoms with E-state index in [1.54, 1.807) is 75.0 Å². The van der Waals surface area contributed by atoms with Crippen LogP contribution < -0.4 is 16.2 Å². The number of aromatic carboxylic acids is 1. The zero-order valence-electron chi connectivity index (χ0n) is 33.6. The molecule has 0 saturated carbocycles. The quantitative estimate of drug-likeness (QED) is 0.0703. The van der Waals surface area contributed by atoms with Gasteiger partial charge >= 0.3 is 5.97 Å². The van der Waals surface area contributed by atoms with E-state index in [-0.39, 0.29) is 16.3 Å². The Labute approximate surface area is 366 Å². The summed E-state index contributed by atoms with van der Waals surface area (Å²) >= 11 is 16.4. The first-order valence-corrected chi connectivity index (χ1v) is 18.3. The fourth-order valence-electron chi connectivity index (χ4n) is 4.10. The zero-order valence-corrected chi connectivity index (χ0v) is 35.9. The van der Waals surface area contributed by atoms with Gasteiger partial charge in [-0.15, -0.1) is 0 Å². The minimum absolute atomic E-state index is 0.236. The number of aryl methyl sites for hydroxylation is 6. The summed E-state index contributed by atoms with van der Waals surface area (Å²) in [6.07, 6.45) is 14.8. The number of halogens is 3. The molecule has 0 aliphatic carbocycles. The molecule has 2 amide bonds. The Hall–Kier alpha value is -7.37. The van der Waals surface area contributed by atoms with Crippen LogP contribution in [-0.2, 0) is 0 Å². The maximum atomic E-state index is 10.7. The molecule has 6 aromatic rings. The highest BCUT2D eigenvalue weighted by atomic mass is 35.5. The molecule has 5 N–H and O–H groups in total. The summed E-state index contributed by atoms with van der Waals surface area (Å²) in [6.45, 7) is 10.9. The van der Waals surface area contributed by atoms with Crippen LogP contribution in [0.4, 0.5) is 0 Å². The third-order valence-corrected chi connectivity index (χ3v) is 7.80. The summed E-state index contributed by atoms with van der Waals surface area (Å²) in [4.78, 5) is 60.9. The summed E-state index contributed by atoms with van der Waals surface area (Å²) < 4.78 is 0.565. The number of rotatable bonds is 4. The smallest absolute Gasteiger partial charge is 0.337 e. The number of amides is 2. The molecule has 0 aliphatic rings.